The average molecular weight is 355 g/mol. The normalized spacial score (nSPS) is 13.6. The molecule has 128 valence electrons. The van der Waals surface area contributed by atoms with Gasteiger partial charge < -0.3 is 9.73 Å². The van der Waals surface area contributed by atoms with Crippen LogP contribution in [0.4, 0.5) is 9.93 Å². The number of benzene rings is 1. The van der Waals surface area contributed by atoms with Crippen molar-refractivity contribution < 1.29 is 9.21 Å². The van der Waals surface area contributed by atoms with E-state index in [2.05, 4.69) is 25.8 Å². The predicted octanol–water partition coefficient (Wildman–Crippen LogP) is 3.43. The molecule has 0 spiro atoms. The fourth-order valence-corrected chi connectivity index (χ4v) is 3.27. The summed E-state index contributed by atoms with van der Waals surface area (Å²) in [4.78, 5) is 16.3. The molecule has 1 aromatic carbocycles. The zero-order valence-corrected chi connectivity index (χ0v) is 14.3. The van der Waals surface area contributed by atoms with Gasteiger partial charge in [-0.3, -0.25) is 5.32 Å². The van der Waals surface area contributed by atoms with Gasteiger partial charge in [0.1, 0.15) is 11.3 Å². The molecular formula is C17H17N5O2S. The summed E-state index contributed by atoms with van der Waals surface area (Å²) in [5, 5.41) is 15.1. The molecule has 0 unspecified atom stereocenters. The lowest BCUT2D eigenvalue weighted by atomic mass is 10.2. The number of hydrogen-bond donors (Lipinski definition) is 2. The van der Waals surface area contributed by atoms with Crippen molar-refractivity contribution >= 4 is 22.5 Å². The van der Waals surface area contributed by atoms with Crippen LogP contribution in [0, 0.1) is 0 Å². The number of anilines is 1. The minimum absolute atomic E-state index is 0.287. The number of aromatic nitrogens is 3. The quantitative estimate of drug-likeness (QED) is 0.706. The first-order chi connectivity index (χ1) is 12.3. The number of carbonyl (C=O) groups excluding carboxylic acids is 1. The highest BCUT2D eigenvalue weighted by atomic mass is 32.1. The van der Waals surface area contributed by atoms with Crippen LogP contribution >= 0.6 is 11.3 Å². The Labute approximate surface area is 148 Å². The van der Waals surface area contributed by atoms with Crippen LogP contribution in [0.25, 0.3) is 11.5 Å². The van der Waals surface area contributed by atoms with Crippen LogP contribution in [-0.2, 0) is 6.42 Å². The molecule has 7 nitrogen and oxygen atoms in total. The summed E-state index contributed by atoms with van der Waals surface area (Å²) < 4.78 is 5.48. The molecule has 2 amide bonds. The van der Waals surface area contributed by atoms with Crippen LogP contribution in [0.5, 0.6) is 0 Å². The third-order valence-electron chi connectivity index (χ3n) is 3.83. The molecule has 8 heteroatoms. The van der Waals surface area contributed by atoms with Gasteiger partial charge in [-0.1, -0.05) is 29.5 Å². The van der Waals surface area contributed by atoms with Crippen LogP contribution in [-0.4, -0.2) is 27.8 Å². The molecule has 3 aromatic rings. The number of hydrogen-bond acceptors (Lipinski definition) is 6. The van der Waals surface area contributed by atoms with Crippen molar-refractivity contribution in [2.45, 2.75) is 25.2 Å². The largest absolute Gasteiger partial charge is 0.444 e. The summed E-state index contributed by atoms with van der Waals surface area (Å²) in [5.74, 6) is 1.13. The monoisotopic (exact) mass is 355 g/mol. The van der Waals surface area contributed by atoms with Crippen LogP contribution in [0.15, 0.2) is 41.0 Å². The van der Waals surface area contributed by atoms with Crippen molar-refractivity contribution in [1.29, 1.82) is 0 Å². The van der Waals surface area contributed by atoms with Gasteiger partial charge in [-0.25, -0.2) is 9.78 Å². The fourth-order valence-electron chi connectivity index (χ4n) is 2.36. The third kappa shape index (κ3) is 4.03. The van der Waals surface area contributed by atoms with Gasteiger partial charge in [0.25, 0.3) is 0 Å². The molecule has 2 aromatic heterocycles. The van der Waals surface area contributed by atoms with E-state index in [1.807, 2.05) is 30.3 Å². The number of carbonyl (C=O) groups is 1. The first-order valence-electron chi connectivity index (χ1n) is 8.16. The first-order valence-corrected chi connectivity index (χ1v) is 8.97. The van der Waals surface area contributed by atoms with E-state index in [0.29, 0.717) is 29.9 Å². The van der Waals surface area contributed by atoms with Crippen molar-refractivity contribution in [2.75, 3.05) is 11.9 Å². The molecule has 0 saturated heterocycles. The zero-order chi connectivity index (χ0) is 17.1. The van der Waals surface area contributed by atoms with Crippen molar-refractivity contribution in [3.05, 3.63) is 47.3 Å². The molecule has 4 rings (SSSR count). The molecule has 25 heavy (non-hydrogen) atoms. The minimum Gasteiger partial charge on any atom is -0.444 e. The SMILES string of the molecule is O=C(NCCc1coc(-c2ccccc2)n1)Nc1nnc(C2CC2)s1. The molecule has 2 heterocycles. The van der Waals surface area contributed by atoms with Gasteiger partial charge in [-0.2, -0.15) is 0 Å². The molecule has 0 bridgehead atoms. The van der Waals surface area contributed by atoms with E-state index in [0.717, 1.165) is 16.3 Å². The summed E-state index contributed by atoms with van der Waals surface area (Å²) in [7, 11) is 0. The maximum absolute atomic E-state index is 11.9. The summed E-state index contributed by atoms with van der Waals surface area (Å²) in [6, 6.07) is 9.42. The number of nitrogens with zero attached hydrogens (tertiary/aromatic N) is 3. The number of rotatable bonds is 6. The van der Waals surface area contributed by atoms with Gasteiger partial charge in [0, 0.05) is 24.4 Å². The molecule has 1 saturated carbocycles. The van der Waals surface area contributed by atoms with Crippen molar-refractivity contribution in [2.24, 2.45) is 0 Å². The second kappa shape index (κ2) is 7.02. The number of amides is 2. The Kier molecular flexibility index (Phi) is 4.43. The highest BCUT2D eigenvalue weighted by Crippen LogP contribution is 2.41. The van der Waals surface area contributed by atoms with Crippen molar-refractivity contribution in [1.82, 2.24) is 20.5 Å². The zero-order valence-electron chi connectivity index (χ0n) is 13.4. The Hall–Kier alpha value is -2.74. The number of urea groups is 1. The van der Waals surface area contributed by atoms with Gasteiger partial charge in [0.2, 0.25) is 11.0 Å². The van der Waals surface area contributed by atoms with Crippen LogP contribution in [0.1, 0.15) is 29.5 Å². The Morgan fingerprint density at radius 3 is 2.88 bits per heavy atom. The molecule has 0 radical (unpaired) electrons. The highest BCUT2D eigenvalue weighted by molar-refractivity contribution is 7.15. The first kappa shape index (κ1) is 15.8. The van der Waals surface area contributed by atoms with E-state index in [1.165, 1.54) is 24.2 Å². The minimum atomic E-state index is -0.287. The predicted molar refractivity (Wildman–Crippen MR) is 94.5 cm³/mol. The van der Waals surface area contributed by atoms with E-state index in [1.54, 1.807) is 6.26 Å². The summed E-state index contributed by atoms with van der Waals surface area (Å²) in [5.41, 5.74) is 1.73. The van der Waals surface area contributed by atoms with Crippen LogP contribution in [0.2, 0.25) is 0 Å². The topological polar surface area (TPSA) is 92.9 Å². The van der Waals surface area contributed by atoms with Gasteiger partial charge in [0.05, 0.1) is 5.69 Å². The fraction of sp³-hybridized carbons (Fsp3) is 0.294. The van der Waals surface area contributed by atoms with E-state index < -0.39 is 0 Å². The van der Waals surface area contributed by atoms with Gasteiger partial charge in [-0.05, 0) is 25.0 Å². The lowest BCUT2D eigenvalue weighted by Crippen LogP contribution is -2.30. The van der Waals surface area contributed by atoms with Gasteiger partial charge in [0.15, 0.2) is 0 Å². The lowest BCUT2D eigenvalue weighted by molar-refractivity contribution is 0.252. The maximum atomic E-state index is 11.9. The summed E-state index contributed by atoms with van der Waals surface area (Å²) in [6.07, 6.45) is 4.55. The van der Waals surface area contributed by atoms with Crippen molar-refractivity contribution in [3.8, 4) is 11.5 Å². The van der Waals surface area contributed by atoms with Gasteiger partial charge in [-0.15, -0.1) is 10.2 Å². The highest BCUT2D eigenvalue weighted by Gasteiger charge is 2.27. The number of oxazole rings is 1. The van der Waals surface area contributed by atoms with Crippen LogP contribution in [0.3, 0.4) is 0 Å². The summed E-state index contributed by atoms with van der Waals surface area (Å²) >= 11 is 1.44. The molecule has 1 aliphatic rings. The smallest absolute Gasteiger partial charge is 0.321 e. The van der Waals surface area contributed by atoms with E-state index >= 15 is 0 Å². The summed E-state index contributed by atoms with van der Waals surface area (Å²) in [6.45, 7) is 0.459. The van der Waals surface area contributed by atoms with E-state index in [4.69, 9.17) is 4.42 Å². The molecule has 0 atom stereocenters. The van der Waals surface area contributed by atoms with E-state index in [9.17, 15) is 4.79 Å². The second-order valence-electron chi connectivity index (χ2n) is 5.86. The Balaban J connectivity index is 1.24. The standard InChI is InChI=1S/C17H17N5O2S/c23-16(20-17-22-21-15(25-17)12-6-7-12)18-9-8-13-10-24-14(19-13)11-4-2-1-3-5-11/h1-5,10,12H,6-9H2,(H2,18,20,22,23). The maximum Gasteiger partial charge on any atom is 0.321 e. The Morgan fingerprint density at radius 2 is 2.08 bits per heavy atom. The molecular weight excluding hydrogens is 338 g/mol. The van der Waals surface area contributed by atoms with E-state index in [-0.39, 0.29) is 6.03 Å². The van der Waals surface area contributed by atoms with Crippen LogP contribution < -0.4 is 10.6 Å². The van der Waals surface area contributed by atoms with Gasteiger partial charge >= 0.3 is 6.03 Å². The third-order valence-corrected chi connectivity index (χ3v) is 4.83. The van der Waals surface area contributed by atoms with Crippen molar-refractivity contribution in [3.63, 3.8) is 0 Å². The molecule has 1 aliphatic carbocycles. The molecule has 1 fully saturated rings. The second-order valence-corrected chi connectivity index (χ2v) is 6.87. The Bertz CT molecular complexity index is 857. The average Bonchev–Trinajstić information content (AvgIpc) is 3.19. The Morgan fingerprint density at radius 1 is 1.24 bits per heavy atom. The number of nitrogens with one attached hydrogen (secondary N) is 2. The lowest BCUT2D eigenvalue weighted by Gasteiger charge is -2.03. The molecule has 0 aliphatic heterocycles. The molecule has 2 N–H and O–H groups in total.